The van der Waals surface area contributed by atoms with Gasteiger partial charge in [0.2, 0.25) is 5.71 Å². The maximum atomic E-state index is 2.56. The van der Waals surface area contributed by atoms with Gasteiger partial charge in [-0.15, -0.1) is 0 Å². The van der Waals surface area contributed by atoms with Crippen LogP contribution in [-0.4, -0.2) is 23.4 Å². The third-order valence-corrected chi connectivity index (χ3v) is 4.80. The van der Waals surface area contributed by atoms with Crippen LogP contribution >= 0.6 is 0 Å². The molecule has 0 unspecified atom stereocenters. The fourth-order valence-electron chi connectivity index (χ4n) is 3.57. The summed E-state index contributed by atoms with van der Waals surface area (Å²) in [5.41, 5.74) is 6.96. The van der Waals surface area contributed by atoms with Gasteiger partial charge < -0.3 is 0 Å². The zero-order valence-electron chi connectivity index (χ0n) is 13.9. The zero-order valence-corrected chi connectivity index (χ0v) is 13.9. The predicted molar refractivity (Wildman–Crippen MR) is 99.9 cm³/mol. The SMILES string of the molecule is c1ccc(CC[N+]2=C(c3ccccc3)c3ccccc3CC2)cc1. The lowest BCUT2D eigenvalue weighted by atomic mass is 9.92. The molecule has 0 spiro atoms. The van der Waals surface area contributed by atoms with Crippen molar-refractivity contribution in [2.75, 3.05) is 13.1 Å². The Balaban J connectivity index is 1.74. The van der Waals surface area contributed by atoms with Crippen LogP contribution in [0.3, 0.4) is 0 Å². The third-order valence-electron chi connectivity index (χ3n) is 4.80. The highest BCUT2D eigenvalue weighted by atomic mass is 15.0. The van der Waals surface area contributed by atoms with Gasteiger partial charge in [-0.2, -0.15) is 0 Å². The summed E-state index contributed by atoms with van der Waals surface area (Å²) >= 11 is 0. The van der Waals surface area contributed by atoms with Crippen LogP contribution in [0.2, 0.25) is 0 Å². The first-order chi connectivity index (χ1) is 11.9. The Hall–Kier alpha value is -2.67. The highest BCUT2D eigenvalue weighted by Crippen LogP contribution is 2.20. The van der Waals surface area contributed by atoms with Gasteiger partial charge in [-0.3, -0.25) is 0 Å². The molecule has 1 aliphatic heterocycles. The van der Waals surface area contributed by atoms with Crippen molar-refractivity contribution in [1.29, 1.82) is 0 Å². The molecule has 0 amide bonds. The van der Waals surface area contributed by atoms with E-state index >= 15 is 0 Å². The highest BCUT2D eigenvalue weighted by molar-refractivity contribution is 6.10. The minimum absolute atomic E-state index is 1.06. The smallest absolute Gasteiger partial charge is 0.214 e. The molecule has 4 rings (SSSR count). The molecule has 24 heavy (non-hydrogen) atoms. The predicted octanol–water partition coefficient (Wildman–Crippen LogP) is 4.34. The van der Waals surface area contributed by atoms with E-state index in [1.165, 1.54) is 28.0 Å². The van der Waals surface area contributed by atoms with Crippen LogP contribution in [0.15, 0.2) is 84.9 Å². The van der Waals surface area contributed by atoms with Gasteiger partial charge in [-0.05, 0) is 29.3 Å². The first-order valence-electron chi connectivity index (χ1n) is 8.71. The lowest BCUT2D eigenvalue weighted by molar-refractivity contribution is -0.527. The van der Waals surface area contributed by atoms with Gasteiger partial charge >= 0.3 is 0 Å². The molecule has 0 radical (unpaired) electrons. The second-order valence-electron chi connectivity index (χ2n) is 6.34. The summed E-state index contributed by atoms with van der Waals surface area (Å²) in [7, 11) is 0. The highest BCUT2D eigenvalue weighted by Gasteiger charge is 2.26. The molecule has 0 atom stereocenters. The van der Waals surface area contributed by atoms with Gasteiger partial charge in [0.1, 0.15) is 13.1 Å². The maximum Gasteiger partial charge on any atom is 0.214 e. The summed E-state index contributed by atoms with van der Waals surface area (Å²) in [6.45, 7) is 2.15. The zero-order chi connectivity index (χ0) is 16.2. The number of fused-ring (bicyclic) bond motifs is 1. The topological polar surface area (TPSA) is 3.01 Å². The first-order valence-corrected chi connectivity index (χ1v) is 8.71. The average Bonchev–Trinajstić information content (AvgIpc) is 2.67. The van der Waals surface area contributed by atoms with Crippen molar-refractivity contribution in [2.45, 2.75) is 12.8 Å². The summed E-state index contributed by atoms with van der Waals surface area (Å²) in [5, 5.41) is 0. The molecule has 1 aliphatic rings. The van der Waals surface area contributed by atoms with Crippen LogP contribution in [0.4, 0.5) is 0 Å². The molecule has 118 valence electrons. The van der Waals surface area contributed by atoms with E-state index in [9.17, 15) is 0 Å². The van der Waals surface area contributed by atoms with Crippen LogP contribution in [0.5, 0.6) is 0 Å². The summed E-state index contributed by atoms with van der Waals surface area (Å²) < 4.78 is 2.56. The monoisotopic (exact) mass is 312 g/mol. The molecule has 1 heterocycles. The lowest BCUT2D eigenvalue weighted by Gasteiger charge is -2.19. The molecule has 1 nitrogen and oxygen atoms in total. The van der Waals surface area contributed by atoms with Gasteiger partial charge in [0.15, 0.2) is 0 Å². The standard InChI is InChI=1S/C23H22N/c1-3-9-19(10-4-1)15-17-24-18-16-20-11-7-8-14-22(20)23(24)21-12-5-2-6-13-21/h1-14H,15-18H2/q+1. The largest absolute Gasteiger partial charge is 0.228 e. The molecule has 0 aliphatic carbocycles. The van der Waals surface area contributed by atoms with E-state index in [4.69, 9.17) is 0 Å². The minimum Gasteiger partial charge on any atom is -0.228 e. The van der Waals surface area contributed by atoms with Gasteiger partial charge in [0, 0.05) is 24.0 Å². The molecular formula is C23H22N+. The van der Waals surface area contributed by atoms with Gasteiger partial charge in [-0.25, -0.2) is 4.58 Å². The fourth-order valence-corrected chi connectivity index (χ4v) is 3.57. The number of nitrogens with zero attached hydrogens (tertiary/aromatic N) is 1. The van der Waals surface area contributed by atoms with E-state index in [2.05, 4.69) is 89.5 Å². The van der Waals surface area contributed by atoms with E-state index in [1.54, 1.807) is 0 Å². The Morgan fingerprint density at radius 2 is 1.38 bits per heavy atom. The molecule has 3 aromatic rings. The van der Waals surface area contributed by atoms with Crippen LogP contribution in [0.1, 0.15) is 22.3 Å². The van der Waals surface area contributed by atoms with Crippen molar-refractivity contribution in [1.82, 2.24) is 0 Å². The first kappa shape index (κ1) is 14.9. The summed E-state index contributed by atoms with van der Waals surface area (Å²) in [5.74, 6) is 0. The lowest BCUT2D eigenvalue weighted by Crippen LogP contribution is -2.32. The second-order valence-corrected chi connectivity index (χ2v) is 6.34. The van der Waals surface area contributed by atoms with Crippen molar-refractivity contribution in [3.63, 3.8) is 0 Å². The Morgan fingerprint density at radius 1 is 0.708 bits per heavy atom. The minimum atomic E-state index is 1.06. The molecule has 0 aromatic heterocycles. The summed E-state index contributed by atoms with van der Waals surface area (Å²) in [6, 6.07) is 30.5. The normalized spacial score (nSPS) is 13.7. The van der Waals surface area contributed by atoms with E-state index in [1.807, 2.05) is 0 Å². The number of benzene rings is 3. The van der Waals surface area contributed by atoms with Crippen molar-refractivity contribution in [3.05, 3.63) is 107 Å². The van der Waals surface area contributed by atoms with E-state index in [0.717, 1.165) is 25.9 Å². The van der Waals surface area contributed by atoms with Gasteiger partial charge in [0.25, 0.3) is 0 Å². The fraction of sp³-hybridized carbons (Fsp3) is 0.174. The average molecular weight is 312 g/mol. The molecule has 3 aromatic carbocycles. The Labute approximate surface area is 143 Å². The maximum absolute atomic E-state index is 2.56. The third kappa shape index (κ3) is 3.03. The Morgan fingerprint density at radius 3 is 2.17 bits per heavy atom. The van der Waals surface area contributed by atoms with E-state index in [-0.39, 0.29) is 0 Å². The van der Waals surface area contributed by atoms with Gasteiger partial charge in [-0.1, -0.05) is 66.7 Å². The van der Waals surface area contributed by atoms with Crippen molar-refractivity contribution >= 4 is 5.71 Å². The van der Waals surface area contributed by atoms with Crippen molar-refractivity contribution in [2.24, 2.45) is 0 Å². The molecular weight excluding hydrogens is 290 g/mol. The second kappa shape index (κ2) is 6.84. The molecule has 1 heteroatoms. The number of rotatable bonds is 4. The molecule has 0 bridgehead atoms. The Kier molecular flexibility index (Phi) is 4.24. The van der Waals surface area contributed by atoms with Crippen LogP contribution < -0.4 is 0 Å². The quantitative estimate of drug-likeness (QED) is 0.631. The summed E-state index contributed by atoms with van der Waals surface area (Å²) in [6.07, 6.45) is 2.21. The molecule has 0 N–H and O–H groups in total. The van der Waals surface area contributed by atoms with Crippen molar-refractivity contribution < 1.29 is 4.58 Å². The molecule has 0 saturated carbocycles. The van der Waals surface area contributed by atoms with E-state index in [0.29, 0.717) is 0 Å². The summed E-state index contributed by atoms with van der Waals surface area (Å²) in [4.78, 5) is 0. The molecule has 0 fully saturated rings. The van der Waals surface area contributed by atoms with Crippen LogP contribution in [-0.2, 0) is 12.8 Å². The molecule has 0 saturated heterocycles. The van der Waals surface area contributed by atoms with Crippen LogP contribution in [0.25, 0.3) is 0 Å². The van der Waals surface area contributed by atoms with Gasteiger partial charge in [0.05, 0.1) is 0 Å². The van der Waals surface area contributed by atoms with Crippen molar-refractivity contribution in [3.8, 4) is 0 Å². The van der Waals surface area contributed by atoms with Crippen LogP contribution in [0, 0.1) is 0 Å². The van der Waals surface area contributed by atoms with E-state index < -0.39 is 0 Å². The number of hydrogen-bond donors (Lipinski definition) is 0. The number of hydrogen-bond acceptors (Lipinski definition) is 0. The Bertz CT molecular complexity index is 847.